The van der Waals surface area contributed by atoms with Gasteiger partial charge >= 0.3 is 6.61 Å². The van der Waals surface area contributed by atoms with Crippen LogP contribution in [0.4, 0.5) is 14.6 Å². The van der Waals surface area contributed by atoms with Crippen molar-refractivity contribution in [2.75, 3.05) is 31.1 Å². The Kier molecular flexibility index (Phi) is 5.20. The van der Waals surface area contributed by atoms with Crippen LogP contribution < -0.4 is 9.64 Å². The molecule has 2 aliphatic rings. The summed E-state index contributed by atoms with van der Waals surface area (Å²) in [6.07, 6.45) is 2.41. The Balaban J connectivity index is 1.32. The molecular formula is C20H24F2N4O. The normalized spacial score (nSPS) is 18.1. The number of alkyl halides is 2. The molecule has 0 N–H and O–H groups in total. The monoisotopic (exact) mass is 374 g/mol. The molecule has 0 bridgehead atoms. The van der Waals surface area contributed by atoms with Crippen LogP contribution in [0.3, 0.4) is 0 Å². The van der Waals surface area contributed by atoms with Gasteiger partial charge in [-0.1, -0.05) is 12.1 Å². The zero-order valence-electron chi connectivity index (χ0n) is 15.4. The average Bonchev–Trinajstić information content (AvgIpc) is 3.48. The van der Waals surface area contributed by atoms with E-state index in [2.05, 4.69) is 25.6 Å². The van der Waals surface area contributed by atoms with Gasteiger partial charge in [-0.15, -0.1) is 0 Å². The van der Waals surface area contributed by atoms with Crippen LogP contribution in [0, 0.1) is 6.92 Å². The minimum absolute atomic E-state index is 0.198. The third-order valence-electron chi connectivity index (χ3n) is 5.05. The summed E-state index contributed by atoms with van der Waals surface area (Å²) in [5.41, 5.74) is 2.13. The van der Waals surface area contributed by atoms with Gasteiger partial charge < -0.3 is 9.64 Å². The van der Waals surface area contributed by atoms with E-state index >= 15 is 0 Å². The maximum absolute atomic E-state index is 12.2. The Morgan fingerprint density at radius 2 is 1.78 bits per heavy atom. The number of benzene rings is 1. The van der Waals surface area contributed by atoms with Crippen LogP contribution >= 0.6 is 0 Å². The van der Waals surface area contributed by atoms with Gasteiger partial charge in [0.25, 0.3) is 0 Å². The van der Waals surface area contributed by atoms with Gasteiger partial charge in [-0.3, -0.25) is 4.90 Å². The lowest BCUT2D eigenvalue weighted by atomic mass is 10.2. The van der Waals surface area contributed by atoms with E-state index in [1.165, 1.54) is 12.8 Å². The lowest BCUT2D eigenvalue weighted by molar-refractivity contribution is -0.0498. The summed E-state index contributed by atoms with van der Waals surface area (Å²) in [5.74, 6) is 2.79. The molecule has 2 fully saturated rings. The van der Waals surface area contributed by atoms with E-state index in [1.807, 2.05) is 19.1 Å². The van der Waals surface area contributed by atoms with E-state index < -0.39 is 6.61 Å². The van der Waals surface area contributed by atoms with Crippen molar-refractivity contribution in [1.29, 1.82) is 0 Å². The Bertz CT molecular complexity index is 772. The van der Waals surface area contributed by atoms with Crippen molar-refractivity contribution in [3.8, 4) is 5.75 Å². The highest BCUT2D eigenvalue weighted by molar-refractivity contribution is 5.41. The van der Waals surface area contributed by atoms with Crippen molar-refractivity contribution in [3.05, 3.63) is 47.4 Å². The van der Waals surface area contributed by atoms with Crippen LogP contribution in [0.5, 0.6) is 5.75 Å². The molecule has 0 unspecified atom stereocenters. The maximum Gasteiger partial charge on any atom is 0.387 e. The van der Waals surface area contributed by atoms with Gasteiger partial charge in [-0.2, -0.15) is 8.78 Å². The smallest absolute Gasteiger partial charge is 0.387 e. The number of ether oxygens (including phenoxy) is 1. The van der Waals surface area contributed by atoms with E-state index in [4.69, 9.17) is 4.98 Å². The summed E-state index contributed by atoms with van der Waals surface area (Å²) in [6, 6.07) is 8.96. The average molecular weight is 374 g/mol. The molecule has 0 spiro atoms. The highest BCUT2D eigenvalue weighted by atomic mass is 19.3. The van der Waals surface area contributed by atoms with Crippen molar-refractivity contribution >= 4 is 5.82 Å². The minimum atomic E-state index is -2.78. The van der Waals surface area contributed by atoms with Gasteiger partial charge in [0, 0.05) is 50.4 Å². The van der Waals surface area contributed by atoms with Gasteiger partial charge in [-0.05, 0) is 37.5 Å². The Morgan fingerprint density at radius 3 is 2.41 bits per heavy atom. The number of halogens is 2. The Labute approximate surface area is 158 Å². The molecule has 0 radical (unpaired) electrons. The van der Waals surface area contributed by atoms with Gasteiger partial charge in [0.2, 0.25) is 0 Å². The zero-order chi connectivity index (χ0) is 18.8. The summed E-state index contributed by atoms with van der Waals surface area (Å²) in [6.45, 7) is 3.79. The van der Waals surface area contributed by atoms with E-state index in [0.717, 1.165) is 55.6 Å². The molecule has 0 atom stereocenters. The van der Waals surface area contributed by atoms with Crippen molar-refractivity contribution in [2.45, 2.75) is 38.8 Å². The number of nitrogens with zero attached hydrogens (tertiary/aromatic N) is 4. The topological polar surface area (TPSA) is 41.5 Å². The predicted octanol–water partition coefficient (Wildman–Crippen LogP) is 3.59. The molecule has 1 saturated heterocycles. The second kappa shape index (κ2) is 7.76. The van der Waals surface area contributed by atoms with Crippen molar-refractivity contribution in [2.24, 2.45) is 0 Å². The Hall–Kier alpha value is -2.28. The van der Waals surface area contributed by atoms with E-state index in [9.17, 15) is 8.78 Å². The quantitative estimate of drug-likeness (QED) is 0.773. The molecule has 7 heteroatoms. The highest BCUT2D eigenvalue weighted by Gasteiger charge is 2.28. The maximum atomic E-state index is 12.2. The number of aryl methyl sites for hydroxylation is 1. The number of rotatable bonds is 6. The number of hydrogen-bond donors (Lipinski definition) is 0. The molecule has 0 amide bonds. The number of anilines is 1. The molecule has 144 valence electrons. The summed E-state index contributed by atoms with van der Waals surface area (Å²) >= 11 is 0. The van der Waals surface area contributed by atoms with Crippen LogP contribution in [0.2, 0.25) is 0 Å². The van der Waals surface area contributed by atoms with Gasteiger partial charge in [0.15, 0.2) is 0 Å². The first kappa shape index (κ1) is 18.1. The second-order valence-electron chi connectivity index (χ2n) is 7.29. The molecule has 1 aromatic carbocycles. The van der Waals surface area contributed by atoms with Gasteiger partial charge in [0.05, 0.1) is 0 Å². The summed E-state index contributed by atoms with van der Waals surface area (Å²) in [4.78, 5) is 14.1. The molecule has 1 aliphatic heterocycles. The minimum Gasteiger partial charge on any atom is -0.435 e. The largest absolute Gasteiger partial charge is 0.435 e. The van der Waals surface area contributed by atoms with Crippen molar-refractivity contribution in [3.63, 3.8) is 0 Å². The van der Waals surface area contributed by atoms with Gasteiger partial charge in [0.1, 0.15) is 17.4 Å². The van der Waals surface area contributed by atoms with E-state index in [-0.39, 0.29) is 5.75 Å². The summed E-state index contributed by atoms with van der Waals surface area (Å²) < 4.78 is 28.8. The number of piperazine rings is 1. The summed E-state index contributed by atoms with van der Waals surface area (Å²) in [5, 5.41) is 0. The molecular weight excluding hydrogens is 350 g/mol. The van der Waals surface area contributed by atoms with E-state index in [1.54, 1.807) is 12.1 Å². The molecule has 2 heterocycles. The van der Waals surface area contributed by atoms with E-state index in [0.29, 0.717) is 5.92 Å². The summed E-state index contributed by atoms with van der Waals surface area (Å²) in [7, 11) is 0. The van der Waals surface area contributed by atoms with Crippen molar-refractivity contribution < 1.29 is 13.5 Å². The first-order valence-corrected chi connectivity index (χ1v) is 9.43. The van der Waals surface area contributed by atoms with Crippen LogP contribution in [-0.4, -0.2) is 47.7 Å². The fourth-order valence-electron chi connectivity index (χ4n) is 3.43. The fraction of sp³-hybridized carbons (Fsp3) is 0.500. The number of hydrogen-bond acceptors (Lipinski definition) is 5. The van der Waals surface area contributed by atoms with Gasteiger partial charge in [-0.25, -0.2) is 9.97 Å². The Morgan fingerprint density at radius 1 is 1.07 bits per heavy atom. The van der Waals surface area contributed by atoms with Crippen LogP contribution in [0.15, 0.2) is 30.3 Å². The highest BCUT2D eigenvalue weighted by Crippen LogP contribution is 2.38. The first-order chi connectivity index (χ1) is 13.1. The lowest BCUT2D eigenvalue weighted by Crippen LogP contribution is -2.46. The molecule has 2 aromatic rings. The molecule has 27 heavy (non-hydrogen) atoms. The molecule has 1 aromatic heterocycles. The van der Waals surface area contributed by atoms with Crippen molar-refractivity contribution in [1.82, 2.24) is 14.9 Å². The zero-order valence-corrected chi connectivity index (χ0v) is 15.4. The number of aromatic nitrogens is 2. The molecule has 4 rings (SSSR count). The van der Waals surface area contributed by atoms with Crippen LogP contribution in [-0.2, 0) is 6.54 Å². The first-order valence-electron chi connectivity index (χ1n) is 9.43. The predicted molar refractivity (Wildman–Crippen MR) is 99.3 cm³/mol. The molecule has 1 aliphatic carbocycles. The van der Waals surface area contributed by atoms with Crippen LogP contribution in [0.25, 0.3) is 0 Å². The van der Waals surface area contributed by atoms with Crippen LogP contribution in [0.1, 0.15) is 35.8 Å². The molecule has 1 saturated carbocycles. The molecule has 5 nitrogen and oxygen atoms in total. The lowest BCUT2D eigenvalue weighted by Gasteiger charge is -2.35. The third-order valence-corrected chi connectivity index (χ3v) is 5.05. The standard InChI is InChI=1S/C20H24F2N4O/c1-14-12-18(24-19(23-14)16-4-5-16)26-10-8-25(9-11-26)13-15-2-6-17(7-3-15)27-20(21)22/h2-3,6-7,12,16,20H,4-5,8-11,13H2,1H3. The fourth-order valence-corrected chi connectivity index (χ4v) is 3.43. The second-order valence-corrected chi connectivity index (χ2v) is 7.29. The third kappa shape index (κ3) is 4.71. The SMILES string of the molecule is Cc1cc(N2CCN(Cc3ccc(OC(F)F)cc3)CC2)nc(C2CC2)n1.